The summed E-state index contributed by atoms with van der Waals surface area (Å²) >= 11 is -2.10. The largest absolute Gasteiger partial charge is 0.417 e. The van der Waals surface area contributed by atoms with Crippen LogP contribution in [0.2, 0.25) is 0 Å². The van der Waals surface area contributed by atoms with E-state index in [2.05, 4.69) is 121 Å². The molecule has 0 N–H and O–H groups in total. The van der Waals surface area contributed by atoms with E-state index in [1.807, 2.05) is 48.5 Å². The standard InChI is InChI=1S/C44H28O3S/c45-48-46-43-39(31-17-9-3-10-18-31)27-35-25-33(29-13-5-1-6-14-29)21-23-37(35)41(43)42-38-24-22-34(30-15-7-2-8-16-30)26-36(38)28-40(44(42)47-48)32-19-11-4-12-20-32/h1-28H. The van der Waals surface area contributed by atoms with Crippen molar-refractivity contribution in [2.75, 3.05) is 0 Å². The van der Waals surface area contributed by atoms with E-state index in [1.54, 1.807) is 0 Å². The summed E-state index contributed by atoms with van der Waals surface area (Å²) in [6, 6.07) is 58.5. The molecule has 0 radical (unpaired) electrons. The fourth-order valence-corrected chi connectivity index (χ4v) is 7.54. The summed E-state index contributed by atoms with van der Waals surface area (Å²) in [7, 11) is 0. The fraction of sp³-hybridized carbons (Fsp3) is 0. The minimum atomic E-state index is -2.10. The Morgan fingerprint density at radius 2 is 0.708 bits per heavy atom. The van der Waals surface area contributed by atoms with Crippen molar-refractivity contribution < 1.29 is 12.6 Å². The van der Waals surface area contributed by atoms with E-state index < -0.39 is 11.4 Å². The molecule has 8 aromatic carbocycles. The van der Waals surface area contributed by atoms with E-state index in [4.69, 9.17) is 8.37 Å². The summed E-state index contributed by atoms with van der Waals surface area (Å²) in [5.41, 5.74) is 9.89. The van der Waals surface area contributed by atoms with Crippen LogP contribution in [0, 0.1) is 0 Å². The summed E-state index contributed by atoms with van der Waals surface area (Å²) in [6.45, 7) is 0. The second-order valence-electron chi connectivity index (χ2n) is 12.0. The first-order valence-corrected chi connectivity index (χ1v) is 16.9. The van der Waals surface area contributed by atoms with Crippen LogP contribution in [0.25, 0.3) is 77.2 Å². The van der Waals surface area contributed by atoms with Crippen molar-refractivity contribution in [3.63, 3.8) is 0 Å². The van der Waals surface area contributed by atoms with Crippen molar-refractivity contribution in [3.8, 4) is 67.1 Å². The molecule has 0 saturated carbocycles. The van der Waals surface area contributed by atoms with E-state index in [9.17, 15) is 4.21 Å². The average Bonchev–Trinajstić information content (AvgIpc) is 3.31. The van der Waals surface area contributed by atoms with Gasteiger partial charge < -0.3 is 8.37 Å². The zero-order valence-electron chi connectivity index (χ0n) is 25.8. The predicted molar refractivity (Wildman–Crippen MR) is 198 cm³/mol. The van der Waals surface area contributed by atoms with Gasteiger partial charge in [0.05, 0.1) is 0 Å². The van der Waals surface area contributed by atoms with Gasteiger partial charge in [-0.05, 0) is 79.2 Å². The Balaban J connectivity index is 1.43. The molecule has 4 heteroatoms. The number of hydrogen-bond acceptors (Lipinski definition) is 3. The van der Waals surface area contributed by atoms with Crippen LogP contribution in [-0.2, 0) is 11.4 Å². The molecule has 1 aliphatic rings. The van der Waals surface area contributed by atoms with Gasteiger partial charge in [0, 0.05) is 22.3 Å². The zero-order chi connectivity index (χ0) is 32.0. The maximum Gasteiger partial charge on any atom is 0.417 e. The highest BCUT2D eigenvalue weighted by Gasteiger charge is 2.31. The first kappa shape index (κ1) is 28.3. The lowest BCUT2D eigenvalue weighted by Gasteiger charge is -2.19. The lowest BCUT2D eigenvalue weighted by atomic mass is 9.85. The Morgan fingerprint density at radius 3 is 1.08 bits per heavy atom. The van der Waals surface area contributed by atoms with Crippen molar-refractivity contribution in [1.82, 2.24) is 0 Å². The Kier molecular flexibility index (Phi) is 6.88. The van der Waals surface area contributed by atoms with Crippen LogP contribution in [0.4, 0.5) is 0 Å². The van der Waals surface area contributed by atoms with E-state index in [1.165, 1.54) is 0 Å². The third kappa shape index (κ3) is 4.86. The van der Waals surface area contributed by atoms with Gasteiger partial charge in [0.1, 0.15) is 0 Å². The van der Waals surface area contributed by atoms with Gasteiger partial charge in [-0.25, -0.2) is 0 Å². The van der Waals surface area contributed by atoms with Crippen LogP contribution >= 0.6 is 0 Å². The van der Waals surface area contributed by atoms with Crippen molar-refractivity contribution in [2.24, 2.45) is 0 Å². The van der Waals surface area contributed by atoms with Crippen LogP contribution < -0.4 is 8.37 Å². The predicted octanol–water partition coefficient (Wildman–Crippen LogP) is 11.7. The van der Waals surface area contributed by atoms with Crippen molar-refractivity contribution in [3.05, 3.63) is 170 Å². The first-order chi connectivity index (χ1) is 23.7. The molecule has 9 rings (SSSR count). The quantitative estimate of drug-likeness (QED) is 0.193. The van der Waals surface area contributed by atoms with Gasteiger partial charge in [-0.1, -0.05) is 146 Å². The highest BCUT2D eigenvalue weighted by atomic mass is 32.2. The van der Waals surface area contributed by atoms with Crippen LogP contribution in [0.1, 0.15) is 0 Å². The molecule has 0 unspecified atom stereocenters. The van der Waals surface area contributed by atoms with Crippen LogP contribution in [0.15, 0.2) is 170 Å². The van der Waals surface area contributed by atoms with Gasteiger partial charge in [-0.3, -0.25) is 0 Å². The summed E-state index contributed by atoms with van der Waals surface area (Å²) in [4.78, 5) is 0. The Morgan fingerprint density at radius 1 is 0.354 bits per heavy atom. The number of benzene rings is 8. The second-order valence-corrected chi connectivity index (χ2v) is 12.7. The van der Waals surface area contributed by atoms with Crippen LogP contribution in [0.5, 0.6) is 11.5 Å². The van der Waals surface area contributed by atoms with Gasteiger partial charge in [0.2, 0.25) is 0 Å². The molecule has 1 heterocycles. The Hall–Kier alpha value is -5.97. The maximum atomic E-state index is 13.8. The van der Waals surface area contributed by atoms with Crippen molar-refractivity contribution in [1.29, 1.82) is 0 Å². The molecule has 0 aliphatic carbocycles. The molecular weight excluding hydrogens is 609 g/mol. The second kappa shape index (κ2) is 11.7. The molecule has 3 nitrogen and oxygen atoms in total. The van der Waals surface area contributed by atoms with E-state index in [-0.39, 0.29) is 0 Å². The lowest BCUT2D eigenvalue weighted by molar-refractivity contribution is 0.470. The highest BCUT2D eigenvalue weighted by molar-refractivity contribution is 7.76. The minimum Gasteiger partial charge on any atom is -0.370 e. The molecule has 0 aromatic heterocycles. The van der Waals surface area contributed by atoms with E-state index in [0.29, 0.717) is 11.5 Å². The SMILES string of the molecule is O=S1Oc2c(-c3ccccc3)cc3cc(-c4ccccc4)ccc3c2-c2c(c(-c3ccccc3)cc3cc(-c4ccccc4)ccc23)O1. The molecule has 0 bridgehead atoms. The van der Waals surface area contributed by atoms with Crippen molar-refractivity contribution >= 4 is 32.9 Å². The maximum absolute atomic E-state index is 13.8. The highest BCUT2D eigenvalue weighted by Crippen LogP contribution is 2.54. The molecule has 0 amide bonds. The third-order valence-corrected chi connectivity index (χ3v) is 9.73. The summed E-state index contributed by atoms with van der Waals surface area (Å²) in [5.74, 6) is 1.08. The molecule has 8 aromatic rings. The molecule has 1 aliphatic heterocycles. The van der Waals surface area contributed by atoms with E-state index >= 15 is 0 Å². The Bertz CT molecular complexity index is 2320. The first-order valence-electron chi connectivity index (χ1n) is 15.9. The smallest absolute Gasteiger partial charge is 0.370 e. The molecule has 0 atom stereocenters. The molecular formula is C44H28O3S. The van der Waals surface area contributed by atoms with Gasteiger partial charge in [-0.2, -0.15) is 4.21 Å². The summed E-state index contributed by atoms with van der Waals surface area (Å²) in [6.07, 6.45) is 0. The van der Waals surface area contributed by atoms with Crippen LogP contribution in [-0.4, -0.2) is 4.21 Å². The zero-order valence-corrected chi connectivity index (χ0v) is 26.6. The van der Waals surface area contributed by atoms with Gasteiger partial charge in [-0.15, -0.1) is 0 Å². The Labute approximate surface area is 281 Å². The van der Waals surface area contributed by atoms with Gasteiger partial charge in [0.15, 0.2) is 11.5 Å². The third-order valence-electron chi connectivity index (χ3n) is 9.12. The average molecular weight is 637 g/mol. The fourth-order valence-electron chi connectivity index (χ4n) is 6.88. The molecule has 48 heavy (non-hydrogen) atoms. The summed E-state index contributed by atoms with van der Waals surface area (Å²) in [5, 5.41) is 4.09. The monoisotopic (exact) mass is 636 g/mol. The number of fused-ring (bicyclic) bond motifs is 7. The van der Waals surface area contributed by atoms with Gasteiger partial charge >= 0.3 is 11.4 Å². The van der Waals surface area contributed by atoms with Crippen molar-refractivity contribution in [2.45, 2.75) is 0 Å². The number of hydrogen-bond donors (Lipinski definition) is 0. The molecule has 0 fully saturated rings. The van der Waals surface area contributed by atoms with E-state index in [0.717, 1.165) is 77.2 Å². The normalized spacial score (nSPS) is 12.5. The lowest BCUT2D eigenvalue weighted by Crippen LogP contribution is -2.07. The van der Waals surface area contributed by atoms with Gasteiger partial charge in [0.25, 0.3) is 0 Å². The van der Waals surface area contributed by atoms with Crippen LogP contribution in [0.3, 0.4) is 0 Å². The minimum absolute atomic E-state index is 0.539. The molecule has 228 valence electrons. The molecule has 0 spiro atoms. The topological polar surface area (TPSA) is 35.5 Å². The molecule has 0 saturated heterocycles. The summed E-state index contributed by atoms with van der Waals surface area (Å²) < 4.78 is 26.5. The number of rotatable bonds is 4.